The molecule has 2 aliphatic heterocycles. The normalized spacial score (nSPS) is 23.8. The van der Waals surface area contributed by atoms with Crippen molar-refractivity contribution in [3.8, 4) is 0 Å². The minimum atomic E-state index is 0.115. The molecule has 0 unspecified atom stereocenters. The summed E-state index contributed by atoms with van der Waals surface area (Å²) in [5.74, 6) is 0.115. The first-order valence-corrected chi connectivity index (χ1v) is 7.95. The molecule has 1 atom stereocenters. The van der Waals surface area contributed by atoms with E-state index in [4.69, 9.17) is 0 Å². The van der Waals surface area contributed by atoms with E-state index in [-0.39, 0.29) is 5.91 Å². The molecule has 1 aromatic heterocycles. The summed E-state index contributed by atoms with van der Waals surface area (Å²) in [7, 11) is 0. The molecule has 0 aromatic carbocycles. The highest BCUT2D eigenvalue weighted by atomic mass is 16.2. The van der Waals surface area contributed by atoms with Crippen molar-refractivity contribution in [1.82, 2.24) is 14.8 Å². The van der Waals surface area contributed by atoms with Gasteiger partial charge in [0, 0.05) is 31.4 Å². The lowest BCUT2D eigenvalue weighted by Crippen LogP contribution is -2.48. The van der Waals surface area contributed by atoms with E-state index in [1.54, 1.807) is 12.3 Å². The van der Waals surface area contributed by atoms with Crippen molar-refractivity contribution in [1.29, 1.82) is 0 Å². The van der Waals surface area contributed by atoms with Gasteiger partial charge in [0.2, 0.25) is 5.91 Å². The zero-order valence-corrected chi connectivity index (χ0v) is 12.4. The van der Waals surface area contributed by atoms with Crippen LogP contribution in [0, 0.1) is 0 Å². The molecule has 4 heteroatoms. The van der Waals surface area contributed by atoms with Crippen molar-refractivity contribution in [2.75, 3.05) is 26.2 Å². The molecule has 0 aliphatic carbocycles. The maximum atomic E-state index is 12.3. The van der Waals surface area contributed by atoms with Crippen LogP contribution in [0.5, 0.6) is 0 Å². The van der Waals surface area contributed by atoms with Crippen LogP contribution in [-0.2, 0) is 4.79 Å². The third-order valence-corrected chi connectivity index (χ3v) is 4.45. The maximum absolute atomic E-state index is 12.3. The Kier molecular flexibility index (Phi) is 4.65. The molecule has 3 rings (SSSR count). The topological polar surface area (TPSA) is 36.4 Å². The molecule has 0 saturated carbocycles. The summed E-state index contributed by atoms with van der Waals surface area (Å²) >= 11 is 0. The summed E-state index contributed by atoms with van der Waals surface area (Å²) in [6.07, 6.45) is 10.2. The number of hydrogen-bond acceptors (Lipinski definition) is 3. The zero-order valence-electron chi connectivity index (χ0n) is 12.4. The van der Waals surface area contributed by atoms with Crippen molar-refractivity contribution in [2.45, 2.75) is 31.7 Å². The third-order valence-electron chi connectivity index (χ3n) is 4.45. The fraction of sp³-hybridized carbons (Fsp3) is 0.529. The number of rotatable bonds is 3. The Labute approximate surface area is 126 Å². The van der Waals surface area contributed by atoms with Gasteiger partial charge in [0.1, 0.15) is 0 Å². The van der Waals surface area contributed by atoms with Crippen LogP contribution in [0.4, 0.5) is 0 Å². The van der Waals surface area contributed by atoms with E-state index in [1.807, 2.05) is 29.2 Å². The lowest BCUT2D eigenvalue weighted by molar-refractivity contribution is -0.127. The van der Waals surface area contributed by atoms with Crippen molar-refractivity contribution in [3.05, 3.63) is 36.2 Å². The second-order valence-corrected chi connectivity index (χ2v) is 5.91. The predicted molar refractivity (Wildman–Crippen MR) is 83.7 cm³/mol. The second-order valence-electron chi connectivity index (χ2n) is 5.91. The van der Waals surface area contributed by atoms with Gasteiger partial charge in [0.05, 0.1) is 5.69 Å². The summed E-state index contributed by atoms with van der Waals surface area (Å²) in [6.45, 7) is 4.17. The fourth-order valence-electron chi connectivity index (χ4n) is 3.30. The number of nitrogens with zero attached hydrogens (tertiary/aromatic N) is 3. The van der Waals surface area contributed by atoms with E-state index >= 15 is 0 Å². The molecule has 1 aromatic rings. The van der Waals surface area contributed by atoms with E-state index in [9.17, 15) is 4.79 Å². The molecule has 2 saturated heterocycles. The summed E-state index contributed by atoms with van der Waals surface area (Å²) in [5, 5.41) is 0. The summed E-state index contributed by atoms with van der Waals surface area (Å²) < 4.78 is 0. The lowest BCUT2D eigenvalue weighted by atomic mass is 10.0. The van der Waals surface area contributed by atoms with Crippen LogP contribution >= 0.6 is 0 Å². The Morgan fingerprint density at radius 1 is 1.19 bits per heavy atom. The summed E-state index contributed by atoms with van der Waals surface area (Å²) in [6, 6.07) is 6.28. The number of amides is 1. The zero-order chi connectivity index (χ0) is 14.5. The van der Waals surface area contributed by atoms with Crippen LogP contribution in [-0.4, -0.2) is 52.9 Å². The third kappa shape index (κ3) is 3.70. The second kappa shape index (κ2) is 6.85. The Morgan fingerprint density at radius 3 is 2.81 bits per heavy atom. The summed E-state index contributed by atoms with van der Waals surface area (Å²) in [5.41, 5.74) is 0.832. The van der Waals surface area contributed by atoms with Crippen LogP contribution in [0.2, 0.25) is 0 Å². The maximum Gasteiger partial charge on any atom is 0.246 e. The summed E-state index contributed by atoms with van der Waals surface area (Å²) in [4.78, 5) is 21.1. The average molecular weight is 285 g/mol. The van der Waals surface area contributed by atoms with Crippen LogP contribution in [0.15, 0.2) is 30.5 Å². The molecular formula is C17H23N3O. The highest BCUT2D eigenvalue weighted by Gasteiger charge is 2.28. The largest absolute Gasteiger partial charge is 0.338 e. The quantitative estimate of drug-likeness (QED) is 0.799. The van der Waals surface area contributed by atoms with Crippen LogP contribution in [0.3, 0.4) is 0 Å². The van der Waals surface area contributed by atoms with Crippen molar-refractivity contribution in [3.63, 3.8) is 0 Å². The first-order valence-electron chi connectivity index (χ1n) is 7.95. The van der Waals surface area contributed by atoms with Gasteiger partial charge in [-0.2, -0.15) is 0 Å². The van der Waals surface area contributed by atoms with E-state index in [0.29, 0.717) is 6.04 Å². The standard InChI is InChI=1S/C17H23N3O/c21-17(9-8-15-6-1-2-10-18-15)20-13-5-7-16(14-20)19-11-3-4-12-19/h1-2,6,8-10,16H,3-5,7,11-14H2/b9-8-/t16-/m0/s1. The first kappa shape index (κ1) is 14.3. The van der Waals surface area contributed by atoms with Gasteiger partial charge in [-0.3, -0.25) is 14.7 Å². The molecule has 112 valence electrons. The molecule has 21 heavy (non-hydrogen) atoms. The smallest absolute Gasteiger partial charge is 0.246 e. The van der Waals surface area contributed by atoms with E-state index in [2.05, 4.69) is 9.88 Å². The number of likely N-dealkylation sites (tertiary alicyclic amines) is 2. The first-order chi connectivity index (χ1) is 10.3. The Bertz CT molecular complexity index is 494. The molecule has 1 amide bonds. The highest BCUT2D eigenvalue weighted by molar-refractivity contribution is 5.91. The monoisotopic (exact) mass is 285 g/mol. The van der Waals surface area contributed by atoms with Gasteiger partial charge < -0.3 is 4.90 Å². The number of hydrogen-bond donors (Lipinski definition) is 0. The Balaban J connectivity index is 1.58. The molecule has 3 heterocycles. The molecule has 0 spiro atoms. The van der Waals surface area contributed by atoms with Crippen LogP contribution < -0.4 is 0 Å². The minimum Gasteiger partial charge on any atom is -0.338 e. The molecule has 2 aliphatic rings. The van der Waals surface area contributed by atoms with Gasteiger partial charge in [-0.25, -0.2) is 0 Å². The van der Waals surface area contributed by atoms with Crippen LogP contribution in [0.1, 0.15) is 31.4 Å². The molecule has 0 N–H and O–H groups in total. The predicted octanol–water partition coefficient (Wildman–Crippen LogP) is 2.18. The van der Waals surface area contributed by atoms with Gasteiger partial charge in [0.25, 0.3) is 0 Å². The SMILES string of the molecule is O=C(/C=C\c1ccccn1)N1CCC[C@H](N2CCCC2)C1. The van der Waals surface area contributed by atoms with Gasteiger partial charge in [-0.15, -0.1) is 0 Å². The number of piperidine rings is 1. The number of aromatic nitrogens is 1. The van der Waals surface area contributed by atoms with E-state index in [0.717, 1.165) is 25.2 Å². The molecule has 0 radical (unpaired) electrons. The van der Waals surface area contributed by atoms with Crippen LogP contribution in [0.25, 0.3) is 6.08 Å². The molecule has 0 bridgehead atoms. The average Bonchev–Trinajstić information content (AvgIpc) is 3.08. The molecule has 2 fully saturated rings. The highest BCUT2D eigenvalue weighted by Crippen LogP contribution is 2.20. The minimum absolute atomic E-state index is 0.115. The Hall–Kier alpha value is -1.68. The number of carbonyl (C=O) groups is 1. The number of pyridine rings is 1. The van der Waals surface area contributed by atoms with Crippen molar-refractivity contribution in [2.24, 2.45) is 0 Å². The Morgan fingerprint density at radius 2 is 2.05 bits per heavy atom. The molecular weight excluding hydrogens is 262 g/mol. The van der Waals surface area contributed by atoms with Gasteiger partial charge in [-0.1, -0.05) is 6.07 Å². The molecule has 4 nitrogen and oxygen atoms in total. The lowest BCUT2D eigenvalue weighted by Gasteiger charge is -2.37. The van der Waals surface area contributed by atoms with Gasteiger partial charge >= 0.3 is 0 Å². The van der Waals surface area contributed by atoms with Crippen molar-refractivity contribution >= 4 is 12.0 Å². The fourth-order valence-corrected chi connectivity index (χ4v) is 3.30. The van der Waals surface area contributed by atoms with E-state index in [1.165, 1.54) is 32.4 Å². The van der Waals surface area contributed by atoms with Gasteiger partial charge in [0.15, 0.2) is 0 Å². The number of carbonyl (C=O) groups excluding carboxylic acids is 1. The van der Waals surface area contributed by atoms with Crippen molar-refractivity contribution < 1.29 is 4.79 Å². The van der Waals surface area contributed by atoms with Gasteiger partial charge in [-0.05, 0) is 57.0 Å². The van der Waals surface area contributed by atoms with E-state index < -0.39 is 0 Å².